The predicted octanol–water partition coefficient (Wildman–Crippen LogP) is 3.27. The first kappa shape index (κ1) is 13.6. The van der Waals surface area contributed by atoms with Crippen molar-refractivity contribution in [3.63, 3.8) is 0 Å². The zero-order valence-corrected chi connectivity index (χ0v) is 12.9. The summed E-state index contributed by atoms with van der Waals surface area (Å²) in [6.07, 6.45) is 8.18. The lowest BCUT2D eigenvalue weighted by molar-refractivity contribution is 0.235. The molecule has 2 fully saturated rings. The van der Waals surface area contributed by atoms with Crippen LogP contribution in [-0.2, 0) is 7.05 Å². The van der Waals surface area contributed by atoms with Gasteiger partial charge in [-0.05, 0) is 49.3 Å². The van der Waals surface area contributed by atoms with Gasteiger partial charge in [0.15, 0.2) is 0 Å². The van der Waals surface area contributed by atoms with E-state index in [0.29, 0.717) is 6.04 Å². The van der Waals surface area contributed by atoms with E-state index in [2.05, 4.69) is 15.7 Å². The number of carbonyl (C=O) groups excluding carboxylic acids is 1. The summed E-state index contributed by atoms with van der Waals surface area (Å²) < 4.78 is 1.83. The van der Waals surface area contributed by atoms with Crippen LogP contribution in [-0.4, -0.2) is 21.9 Å². The van der Waals surface area contributed by atoms with Crippen molar-refractivity contribution in [2.45, 2.75) is 38.1 Å². The van der Waals surface area contributed by atoms with E-state index < -0.39 is 0 Å². The fourth-order valence-corrected chi connectivity index (χ4v) is 4.22. The Morgan fingerprint density at radius 1 is 1.23 bits per heavy atom. The first-order valence-corrected chi connectivity index (χ1v) is 8.16. The van der Waals surface area contributed by atoms with E-state index in [-0.39, 0.29) is 6.03 Å². The van der Waals surface area contributed by atoms with Crippen LogP contribution in [0, 0.1) is 11.8 Å². The fraction of sp³-hybridized carbons (Fsp3) is 0.529. The van der Waals surface area contributed by atoms with Crippen LogP contribution in [0.5, 0.6) is 0 Å². The highest BCUT2D eigenvalue weighted by Gasteiger charge is 2.34. The van der Waals surface area contributed by atoms with Gasteiger partial charge < -0.3 is 10.6 Å². The van der Waals surface area contributed by atoms with Gasteiger partial charge in [-0.2, -0.15) is 5.10 Å². The van der Waals surface area contributed by atoms with Crippen LogP contribution in [0.25, 0.3) is 10.9 Å². The topological polar surface area (TPSA) is 59.0 Å². The normalized spacial score (nSPS) is 27.0. The molecule has 2 aliphatic rings. The molecule has 2 unspecified atom stereocenters. The van der Waals surface area contributed by atoms with Crippen LogP contribution in [0.15, 0.2) is 24.4 Å². The van der Waals surface area contributed by atoms with Gasteiger partial charge in [0.2, 0.25) is 0 Å². The summed E-state index contributed by atoms with van der Waals surface area (Å²) in [6, 6.07) is 6.13. The second-order valence-corrected chi connectivity index (χ2v) is 6.85. The maximum absolute atomic E-state index is 12.2. The van der Waals surface area contributed by atoms with Gasteiger partial charge >= 0.3 is 6.03 Å². The van der Waals surface area contributed by atoms with E-state index >= 15 is 0 Å². The molecule has 0 radical (unpaired) electrons. The average Bonchev–Trinajstić information content (AvgIpc) is 3.02. The number of aryl methyl sites for hydroxylation is 1. The number of carbonyl (C=O) groups is 1. The van der Waals surface area contributed by atoms with Crippen molar-refractivity contribution in [2.75, 3.05) is 5.32 Å². The van der Waals surface area contributed by atoms with Crippen molar-refractivity contribution in [3.05, 3.63) is 24.4 Å². The van der Waals surface area contributed by atoms with Crippen LogP contribution < -0.4 is 10.6 Å². The first-order chi connectivity index (χ1) is 10.7. The second kappa shape index (κ2) is 5.30. The van der Waals surface area contributed by atoms with Crippen molar-refractivity contribution in [3.8, 4) is 0 Å². The van der Waals surface area contributed by atoms with E-state index in [1.54, 1.807) is 0 Å². The maximum Gasteiger partial charge on any atom is 0.319 e. The van der Waals surface area contributed by atoms with Crippen LogP contribution in [0.3, 0.4) is 0 Å². The Morgan fingerprint density at radius 2 is 2.00 bits per heavy atom. The molecule has 116 valence electrons. The molecule has 2 saturated carbocycles. The zero-order valence-electron chi connectivity index (χ0n) is 12.9. The lowest BCUT2D eigenvalue weighted by Gasteiger charge is -2.28. The molecule has 5 heteroatoms. The predicted molar refractivity (Wildman–Crippen MR) is 86.7 cm³/mol. The van der Waals surface area contributed by atoms with Crippen molar-refractivity contribution in [1.29, 1.82) is 0 Å². The first-order valence-electron chi connectivity index (χ1n) is 8.16. The lowest BCUT2D eigenvalue weighted by Crippen LogP contribution is -2.41. The molecule has 22 heavy (non-hydrogen) atoms. The molecule has 2 bridgehead atoms. The largest absolute Gasteiger partial charge is 0.335 e. The standard InChI is InChI=1S/C17H22N4O/c1-21-16-5-4-14(9-13(16)10-18-21)19-17(22)20-15-7-11-2-3-12(6-11)8-15/h4-5,9-12,15H,2-3,6-8H2,1H3,(H2,19,20,22). The Balaban J connectivity index is 1.40. The number of hydrogen-bond donors (Lipinski definition) is 2. The molecule has 1 aromatic heterocycles. The molecule has 1 aromatic carbocycles. The number of hydrogen-bond acceptors (Lipinski definition) is 2. The minimum atomic E-state index is -0.0884. The third-order valence-electron chi connectivity index (χ3n) is 5.22. The molecule has 0 spiro atoms. The Kier molecular flexibility index (Phi) is 3.28. The molecular formula is C17H22N4O. The van der Waals surface area contributed by atoms with Crippen molar-refractivity contribution >= 4 is 22.6 Å². The summed E-state index contributed by atoms with van der Waals surface area (Å²) in [5.41, 5.74) is 1.88. The van der Waals surface area contributed by atoms with E-state index in [4.69, 9.17) is 0 Å². The number of nitrogens with one attached hydrogen (secondary N) is 2. The minimum absolute atomic E-state index is 0.0884. The van der Waals surface area contributed by atoms with Gasteiger partial charge in [-0.1, -0.05) is 12.8 Å². The van der Waals surface area contributed by atoms with Gasteiger partial charge in [0, 0.05) is 24.2 Å². The van der Waals surface area contributed by atoms with Gasteiger partial charge in [-0.25, -0.2) is 4.79 Å². The Hall–Kier alpha value is -2.04. The number of fused-ring (bicyclic) bond motifs is 3. The molecule has 2 amide bonds. The lowest BCUT2D eigenvalue weighted by atomic mass is 9.85. The van der Waals surface area contributed by atoms with Crippen LogP contribution in [0.1, 0.15) is 32.1 Å². The molecule has 2 atom stereocenters. The van der Waals surface area contributed by atoms with Gasteiger partial charge in [0.25, 0.3) is 0 Å². The van der Waals surface area contributed by atoms with Gasteiger partial charge in [-0.3, -0.25) is 4.68 Å². The van der Waals surface area contributed by atoms with Gasteiger partial charge in [-0.15, -0.1) is 0 Å². The van der Waals surface area contributed by atoms with Crippen molar-refractivity contribution in [1.82, 2.24) is 15.1 Å². The fourth-order valence-electron chi connectivity index (χ4n) is 4.22. The quantitative estimate of drug-likeness (QED) is 0.894. The van der Waals surface area contributed by atoms with Gasteiger partial charge in [0.1, 0.15) is 0 Å². The number of aromatic nitrogens is 2. The maximum atomic E-state index is 12.2. The molecule has 4 rings (SSSR count). The smallest absolute Gasteiger partial charge is 0.319 e. The molecule has 2 aromatic rings. The Bertz CT molecular complexity index is 696. The van der Waals surface area contributed by atoms with E-state index in [1.807, 2.05) is 36.1 Å². The van der Waals surface area contributed by atoms with E-state index in [9.17, 15) is 4.79 Å². The summed E-state index contributed by atoms with van der Waals surface area (Å²) in [4.78, 5) is 12.2. The SMILES string of the molecule is Cn1ncc2cc(NC(=O)NC3CC4CCC(C4)C3)ccc21. The summed E-state index contributed by atoms with van der Waals surface area (Å²) in [6.45, 7) is 0. The van der Waals surface area contributed by atoms with E-state index in [0.717, 1.165) is 41.3 Å². The molecule has 0 saturated heterocycles. The average molecular weight is 298 g/mol. The third kappa shape index (κ3) is 2.56. The number of anilines is 1. The zero-order chi connectivity index (χ0) is 15.1. The minimum Gasteiger partial charge on any atom is -0.335 e. The van der Waals surface area contributed by atoms with Crippen LogP contribution >= 0.6 is 0 Å². The van der Waals surface area contributed by atoms with Crippen molar-refractivity contribution in [2.24, 2.45) is 18.9 Å². The van der Waals surface area contributed by atoms with Crippen LogP contribution in [0.2, 0.25) is 0 Å². The number of rotatable bonds is 2. The summed E-state index contributed by atoms with van der Waals surface area (Å²) in [5.74, 6) is 1.66. The van der Waals surface area contributed by atoms with E-state index in [1.165, 1.54) is 19.3 Å². The number of benzene rings is 1. The molecule has 2 aliphatic carbocycles. The highest BCUT2D eigenvalue weighted by molar-refractivity contribution is 5.92. The molecule has 1 heterocycles. The number of nitrogens with zero attached hydrogens (tertiary/aromatic N) is 2. The number of amides is 2. The summed E-state index contributed by atoms with van der Waals surface area (Å²) in [7, 11) is 1.92. The summed E-state index contributed by atoms with van der Waals surface area (Å²) >= 11 is 0. The highest BCUT2D eigenvalue weighted by atomic mass is 16.2. The molecule has 0 aliphatic heterocycles. The third-order valence-corrected chi connectivity index (χ3v) is 5.22. The van der Waals surface area contributed by atoms with Gasteiger partial charge in [0.05, 0.1) is 11.7 Å². The Labute approximate surface area is 130 Å². The molecule has 5 nitrogen and oxygen atoms in total. The molecule has 2 N–H and O–H groups in total. The second-order valence-electron chi connectivity index (χ2n) is 6.85. The molecular weight excluding hydrogens is 276 g/mol. The monoisotopic (exact) mass is 298 g/mol. The highest BCUT2D eigenvalue weighted by Crippen LogP contribution is 2.41. The number of urea groups is 1. The Morgan fingerprint density at radius 3 is 2.77 bits per heavy atom. The van der Waals surface area contributed by atoms with Crippen LogP contribution in [0.4, 0.5) is 10.5 Å². The van der Waals surface area contributed by atoms with Crippen molar-refractivity contribution < 1.29 is 4.79 Å². The summed E-state index contributed by atoms with van der Waals surface area (Å²) in [5, 5.41) is 11.4.